The van der Waals surface area contributed by atoms with E-state index in [4.69, 9.17) is 14.2 Å². The van der Waals surface area contributed by atoms with Crippen LogP contribution in [-0.2, 0) is 14.3 Å². The summed E-state index contributed by atoms with van der Waals surface area (Å²) in [6.45, 7) is 9.22. The molecule has 202 valence electrons. The molecule has 10 heteroatoms. The third kappa shape index (κ3) is 5.28. The molecule has 0 aliphatic carbocycles. The van der Waals surface area contributed by atoms with Gasteiger partial charge in [-0.2, -0.15) is 0 Å². The average molecular weight is 549 g/mol. The van der Waals surface area contributed by atoms with Crippen LogP contribution >= 0.6 is 11.3 Å². The monoisotopic (exact) mass is 548 g/mol. The number of aliphatic hydroxyl groups is 1. The first-order valence-corrected chi connectivity index (χ1v) is 13.0. The molecule has 1 unspecified atom stereocenters. The molecular weight excluding hydrogens is 520 g/mol. The minimum Gasteiger partial charge on any atom is -0.507 e. The first-order chi connectivity index (χ1) is 18.7. The number of amides is 1. The van der Waals surface area contributed by atoms with Crippen molar-refractivity contribution in [2.75, 3.05) is 25.2 Å². The van der Waals surface area contributed by atoms with Crippen molar-refractivity contribution in [2.45, 2.75) is 26.8 Å². The first kappa shape index (κ1) is 27.6. The molecule has 1 fully saturated rings. The number of esters is 1. The van der Waals surface area contributed by atoms with Crippen molar-refractivity contribution in [3.05, 3.63) is 88.0 Å². The van der Waals surface area contributed by atoms with Gasteiger partial charge >= 0.3 is 11.9 Å². The number of methoxy groups -OCH3 is 1. The number of anilines is 1. The summed E-state index contributed by atoms with van der Waals surface area (Å²) in [6.07, 6.45) is 1.62. The van der Waals surface area contributed by atoms with E-state index in [0.29, 0.717) is 40.5 Å². The van der Waals surface area contributed by atoms with E-state index >= 15 is 0 Å². The van der Waals surface area contributed by atoms with Crippen LogP contribution in [0.3, 0.4) is 0 Å². The van der Waals surface area contributed by atoms with Gasteiger partial charge in [0, 0.05) is 5.56 Å². The highest BCUT2D eigenvalue weighted by Crippen LogP contribution is 2.44. The third-order valence-electron chi connectivity index (χ3n) is 6.15. The SMILES string of the molecule is C=CCOc1ccc(/C(O)=C2\C(=O)C(=O)N(c3nc(C)c(C(=O)OCC)s3)C2c2ccc(OC)cc2)c(C)c1. The fourth-order valence-corrected chi connectivity index (χ4v) is 5.28. The summed E-state index contributed by atoms with van der Waals surface area (Å²) >= 11 is 0.953. The number of carbonyl (C=O) groups excluding carboxylic acids is 3. The molecule has 3 aromatic rings. The van der Waals surface area contributed by atoms with E-state index in [1.165, 1.54) is 12.0 Å². The highest BCUT2D eigenvalue weighted by molar-refractivity contribution is 7.17. The molecule has 1 N–H and O–H groups in total. The van der Waals surface area contributed by atoms with Gasteiger partial charge in [-0.3, -0.25) is 14.5 Å². The minimum absolute atomic E-state index is 0.0986. The maximum atomic E-state index is 13.5. The van der Waals surface area contributed by atoms with Gasteiger partial charge in [-0.25, -0.2) is 9.78 Å². The number of rotatable bonds is 9. The fraction of sp³-hybridized carbons (Fsp3) is 0.241. The summed E-state index contributed by atoms with van der Waals surface area (Å²) in [7, 11) is 1.53. The Morgan fingerprint density at radius 2 is 1.85 bits per heavy atom. The Labute approximate surface area is 230 Å². The maximum Gasteiger partial charge on any atom is 0.350 e. The van der Waals surface area contributed by atoms with Crippen molar-refractivity contribution >= 4 is 39.9 Å². The van der Waals surface area contributed by atoms with Gasteiger partial charge < -0.3 is 19.3 Å². The van der Waals surface area contributed by atoms with E-state index in [1.54, 1.807) is 69.3 Å². The van der Waals surface area contributed by atoms with Crippen LogP contribution in [-0.4, -0.2) is 48.1 Å². The lowest BCUT2D eigenvalue weighted by Crippen LogP contribution is -2.29. The molecule has 0 bridgehead atoms. The molecule has 9 nitrogen and oxygen atoms in total. The number of benzene rings is 2. The van der Waals surface area contributed by atoms with Gasteiger partial charge in [0.05, 0.1) is 31.0 Å². The number of aromatic nitrogens is 1. The predicted molar refractivity (Wildman–Crippen MR) is 147 cm³/mol. The molecule has 4 rings (SSSR count). The average Bonchev–Trinajstić information content (AvgIpc) is 3.43. The number of ketones is 1. The van der Waals surface area contributed by atoms with Gasteiger partial charge in [-0.05, 0) is 62.2 Å². The van der Waals surface area contributed by atoms with Crippen molar-refractivity contribution in [1.82, 2.24) is 4.98 Å². The largest absolute Gasteiger partial charge is 0.507 e. The predicted octanol–water partition coefficient (Wildman–Crippen LogP) is 5.14. The van der Waals surface area contributed by atoms with E-state index < -0.39 is 23.7 Å². The number of aryl methyl sites for hydroxylation is 2. The van der Waals surface area contributed by atoms with Crippen molar-refractivity contribution < 1.29 is 33.7 Å². The second kappa shape index (κ2) is 11.5. The van der Waals surface area contributed by atoms with Crippen LogP contribution in [0.1, 0.15) is 45.0 Å². The lowest BCUT2D eigenvalue weighted by Gasteiger charge is -2.23. The Morgan fingerprint density at radius 1 is 1.15 bits per heavy atom. The van der Waals surface area contributed by atoms with Crippen LogP contribution in [0.2, 0.25) is 0 Å². The molecule has 0 radical (unpaired) electrons. The highest BCUT2D eigenvalue weighted by Gasteiger charge is 2.48. The number of nitrogens with zero attached hydrogens (tertiary/aromatic N) is 2. The fourth-order valence-electron chi connectivity index (χ4n) is 4.29. The van der Waals surface area contributed by atoms with Crippen LogP contribution in [0, 0.1) is 13.8 Å². The molecule has 1 amide bonds. The second-order valence-corrected chi connectivity index (χ2v) is 9.63. The summed E-state index contributed by atoms with van der Waals surface area (Å²) in [5.74, 6) is -1.48. The quantitative estimate of drug-likeness (QED) is 0.129. The standard InChI is InChI=1S/C29H28N2O7S/c1-6-14-38-20-12-13-21(16(3)15-20)24(32)22-23(18-8-10-19(36-5)11-9-18)31(27(34)25(22)33)29-30-17(4)26(39-29)28(35)37-7-2/h6,8-13,15,23,32H,1,7,14H2,2-5H3/b24-22+. The lowest BCUT2D eigenvalue weighted by molar-refractivity contribution is -0.132. The number of thiazole rings is 1. The Hall–Kier alpha value is -4.44. The summed E-state index contributed by atoms with van der Waals surface area (Å²) < 4.78 is 16.0. The number of Topliss-reactive ketones (excluding diaryl/α,β-unsaturated/α-hetero) is 1. The molecular formula is C29H28N2O7S. The molecule has 2 aromatic carbocycles. The summed E-state index contributed by atoms with van der Waals surface area (Å²) in [5.41, 5.74) is 1.84. The van der Waals surface area contributed by atoms with E-state index in [0.717, 1.165) is 11.3 Å². The van der Waals surface area contributed by atoms with Gasteiger partial charge in [0.25, 0.3) is 5.78 Å². The van der Waals surface area contributed by atoms with Gasteiger partial charge in [0.1, 0.15) is 28.7 Å². The normalized spacial score (nSPS) is 16.3. The molecule has 1 atom stereocenters. The lowest BCUT2D eigenvalue weighted by atomic mass is 9.94. The Balaban J connectivity index is 1.88. The van der Waals surface area contributed by atoms with Gasteiger partial charge in [0.2, 0.25) is 0 Å². The van der Waals surface area contributed by atoms with E-state index in [1.807, 2.05) is 0 Å². The molecule has 0 spiro atoms. The Kier molecular flexibility index (Phi) is 8.15. The van der Waals surface area contributed by atoms with Crippen molar-refractivity contribution in [2.24, 2.45) is 0 Å². The first-order valence-electron chi connectivity index (χ1n) is 12.2. The topological polar surface area (TPSA) is 115 Å². The van der Waals surface area contributed by atoms with Crippen molar-refractivity contribution in [3.8, 4) is 11.5 Å². The highest BCUT2D eigenvalue weighted by atomic mass is 32.1. The van der Waals surface area contributed by atoms with Crippen LogP contribution in [0.5, 0.6) is 11.5 Å². The van der Waals surface area contributed by atoms with E-state index in [2.05, 4.69) is 11.6 Å². The molecule has 1 saturated heterocycles. The van der Waals surface area contributed by atoms with Gasteiger partial charge in [-0.15, -0.1) is 0 Å². The smallest absolute Gasteiger partial charge is 0.350 e. The number of hydrogen-bond acceptors (Lipinski definition) is 9. The summed E-state index contributed by atoms with van der Waals surface area (Å²) in [6, 6.07) is 10.8. The zero-order valence-electron chi connectivity index (χ0n) is 22.0. The summed E-state index contributed by atoms with van der Waals surface area (Å²) in [5, 5.41) is 11.6. The van der Waals surface area contributed by atoms with Gasteiger partial charge in [-0.1, -0.05) is 36.1 Å². The zero-order valence-corrected chi connectivity index (χ0v) is 22.8. The van der Waals surface area contributed by atoms with E-state index in [9.17, 15) is 19.5 Å². The van der Waals surface area contributed by atoms with Crippen molar-refractivity contribution in [1.29, 1.82) is 0 Å². The molecule has 1 aliphatic rings. The Bertz CT molecular complexity index is 1470. The molecule has 0 saturated carbocycles. The number of carbonyl (C=O) groups is 3. The third-order valence-corrected chi connectivity index (χ3v) is 7.29. The maximum absolute atomic E-state index is 13.5. The molecule has 2 heterocycles. The van der Waals surface area contributed by atoms with Crippen molar-refractivity contribution in [3.63, 3.8) is 0 Å². The summed E-state index contributed by atoms with van der Waals surface area (Å²) in [4.78, 5) is 45.3. The number of aliphatic hydroxyl groups excluding tert-OH is 1. The van der Waals surface area contributed by atoms with Crippen LogP contribution < -0.4 is 14.4 Å². The zero-order chi connectivity index (χ0) is 28.3. The molecule has 1 aliphatic heterocycles. The van der Waals surface area contributed by atoms with Crippen LogP contribution in [0.25, 0.3) is 5.76 Å². The Morgan fingerprint density at radius 3 is 2.46 bits per heavy atom. The number of hydrogen-bond donors (Lipinski definition) is 1. The molecule has 39 heavy (non-hydrogen) atoms. The van der Waals surface area contributed by atoms with Crippen LogP contribution in [0.15, 0.2) is 60.7 Å². The number of ether oxygens (including phenoxy) is 3. The minimum atomic E-state index is -1.01. The second-order valence-electron chi connectivity index (χ2n) is 8.65. The van der Waals surface area contributed by atoms with Crippen LogP contribution in [0.4, 0.5) is 5.13 Å². The molecule has 1 aromatic heterocycles. The van der Waals surface area contributed by atoms with Gasteiger partial charge in [0.15, 0.2) is 5.13 Å². The van der Waals surface area contributed by atoms with E-state index in [-0.39, 0.29) is 27.9 Å².